The fourth-order valence-electron chi connectivity index (χ4n) is 2.43. The number of hydrogen-bond acceptors (Lipinski definition) is 3. The Morgan fingerprint density at radius 3 is 2.41 bits per heavy atom. The van der Waals surface area contributed by atoms with Gasteiger partial charge in [-0.3, -0.25) is 4.79 Å². The van der Waals surface area contributed by atoms with E-state index in [0.717, 1.165) is 17.7 Å². The summed E-state index contributed by atoms with van der Waals surface area (Å²) in [6.45, 7) is 0.475. The lowest BCUT2D eigenvalue weighted by Gasteiger charge is -2.09. The van der Waals surface area contributed by atoms with Crippen LogP contribution in [0.3, 0.4) is 0 Å². The molecule has 7 heteroatoms. The first-order valence-corrected chi connectivity index (χ1v) is 8.23. The van der Waals surface area contributed by atoms with E-state index >= 15 is 0 Å². The van der Waals surface area contributed by atoms with Crippen molar-refractivity contribution in [2.75, 3.05) is 11.9 Å². The second kappa shape index (κ2) is 8.35. The molecule has 3 aromatic rings. The highest BCUT2D eigenvalue weighted by Gasteiger charge is 2.14. The van der Waals surface area contributed by atoms with Gasteiger partial charge in [0.05, 0.1) is 11.3 Å². The summed E-state index contributed by atoms with van der Waals surface area (Å²) in [5, 5.41) is 5.34. The zero-order chi connectivity index (χ0) is 19.2. The van der Waals surface area contributed by atoms with Gasteiger partial charge in [0.1, 0.15) is 5.82 Å². The molecule has 0 aliphatic heterocycles. The maximum Gasteiger partial charge on any atom is 0.252 e. The number of amides is 1. The zero-order valence-electron chi connectivity index (χ0n) is 14.2. The van der Waals surface area contributed by atoms with Gasteiger partial charge in [-0.15, -0.1) is 0 Å². The molecule has 0 bridgehead atoms. The Balaban J connectivity index is 1.58. The highest BCUT2D eigenvalue weighted by Crippen LogP contribution is 2.22. The summed E-state index contributed by atoms with van der Waals surface area (Å²) in [5.41, 5.74) is 1.20. The van der Waals surface area contributed by atoms with E-state index in [0.29, 0.717) is 18.5 Å². The van der Waals surface area contributed by atoms with Gasteiger partial charge >= 0.3 is 0 Å². The number of anilines is 2. The van der Waals surface area contributed by atoms with Gasteiger partial charge in [-0.2, -0.15) is 0 Å². The van der Waals surface area contributed by atoms with Crippen LogP contribution in [0.15, 0.2) is 60.8 Å². The molecule has 1 heterocycles. The molecule has 1 amide bonds. The van der Waals surface area contributed by atoms with Crippen LogP contribution in [0.2, 0.25) is 0 Å². The van der Waals surface area contributed by atoms with Gasteiger partial charge in [0.2, 0.25) is 0 Å². The Morgan fingerprint density at radius 2 is 1.70 bits per heavy atom. The van der Waals surface area contributed by atoms with Crippen LogP contribution in [0.1, 0.15) is 15.9 Å². The van der Waals surface area contributed by atoms with Crippen molar-refractivity contribution in [3.8, 4) is 0 Å². The van der Waals surface area contributed by atoms with Gasteiger partial charge in [0.15, 0.2) is 17.5 Å². The molecule has 4 nitrogen and oxygen atoms in total. The Kier molecular flexibility index (Phi) is 5.71. The van der Waals surface area contributed by atoms with Crippen molar-refractivity contribution in [1.29, 1.82) is 0 Å². The molecule has 0 saturated heterocycles. The first-order chi connectivity index (χ1) is 13.0. The number of carbonyl (C=O) groups excluding carboxylic acids is 1. The summed E-state index contributed by atoms with van der Waals surface area (Å²) < 4.78 is 39.9. The predicted octanol–water partition coefficient (Wildman–Crippen LogP) is 4.22. The monoisotopic (exact) mass is 371 g/mol. The third kappa shape index (κ3) is 4.63. The van der Waals surface area contributed by atoms with E-state index in [1.165, 1.54) is 18.3 Å². The van der Waals surface area contributed by atoms with Crippen LogP contribution < -0.4 is 10.6 Å². The molecule has 0 aliphatic carbocycles. The number of rotatable bonds is 6. The van der Waals surface area contributed by atoms with E-state index in [9.17, 15) is 18.0 Å². The number of aromatic nitrogens is 1. The van der Waals surface area contributed by atoms with Crippen LogP contribution in [-0.2, 0) is 6.42 Å². The Morgan fingerprint density at radius 1 is 0.926 bits per heavy atom. The van der Waals surface area contributed by atoms with Gasteiger partial charge < -0.3 is 10.6 Å². The number of hydrogen-bond donors (Lipinski definition) is 2. The summed E-state index contributed by atoms with van der Waals surface area (Å²) in [4.78, 5) is 16.1. The SMILES string of the molecule is O=C(NCCc1ccccc1)c1ccc(Nc2ccc(F)c(F)c2F)nc1. The summed E-state index contributed by atoms with van der Waals surface area (Å²) in [6.07, 6.45) is 2.02. The fraction of sp³-hybridized carbons (Fsp3) is 0.100. The van der Waals surface area contributed by atoms with Crippen LogP contribution in [0.5, 0.6) is 0 Å². The van der Waals surface area contributed by atoms with Crippen LogP contribution in [0.25, 0.3) is 0 Å². The van der Waals surface area contributed by atoms with Gasteiger partial charge in [0.25, 0.3) is 5.91 Å². The molecular formula is C20H16F3N3O. The van der Waals surface area contributed by atoms with Crippen molar-refractivity contribution in [2.45, 2.75) is 6.42 Å². The maximum atomic E-state index is 13.7. The lowest BCUT2D eigenvalue weighted by Crippen LogP contribution is -2.25. The molecule has 0 unspecified atom stereocenters. The first-order valence-electron chi connectivity index (χ1n) is 8.23. The van der Waals surface area contributed by atoms with E-state index in [1.54, 1.807) is 0 Å². The molecule has 138 valence electrons. The minimum absolute atomic E-state index is 0.195. The molecule has 2 aromatic carbocycles. The van der Waals surface area contributed by atoms with Crippen LogP contribution in [0.4, 0.5) is 24.7 Å². The van der Waals surface area contributed by atoms with Gasteiger partial charge in [-0.25, -0.2) is 18.2 Å². The highest BCUT2D eigenvalue weighted by molar-refractivity contribution is 5.94. The van der Waals surface area contributed by atoms with Crippen LogP contribution in [-0.4, -0.2) is 17.4 Å². The van der Waals surface area contributed by atoms with Gasteiger partial charge in [-0.05, 0) is 36.2 Å². The first kappa shape index (κ1) is 18.4. The topological polar surface area (TPSA) is 54.0 Å². The second-order valence-corrected chi connectivity index (χ2v) is 5.77. The summed E-state index contributed by atoms with van der Waals surface area (Å²) >= 11 is 0. The predicted molar refractivity (Wildman–Crippen MR) is 96.3 cm³/mol. The van der Waals surface area contributed by atoms with E-state index in [1.807, 2.05) is 30.3 Å². The lowest BCUT2D eigenvalue weighted by atomic mass is 10.1. The van der Waals surface area contributed by atoms with Crippen molar-refractivity contribution in [3.63, 3.8) is 0 Å². The van der Waals surface area contributed by atoms with E-state index in [2.05, 4.69) is 15.6 Å². The van der Waals surface area contributed by atoms with E-state index in [-0.39, 0.29) is 17.4 Å². The lowest BCUT2D eigenvalue weighted by molar-refractivity contribution is 0.0954. The third-order valence-electron chi connectivity index (χ3n) is 3.87. The van der Waals surface area contributed by atoms with Crippen molar-refractivity contribution in [3.05, 3.63) is 89.4 Å². The highest BCUT2D eigenvalue weighted by atomic mass is 19.2. The van der Waals surface area contributed by atoms with Crippen LogP contribution in [0, 0.1) is 17.5 Å². The summed E-state index contributed by atoms with van der Waals surface area (Å²) in [5.74, 6) is -4.26. The molecule has 0 aliphatic rings. The summed E-state index contributed by atoms with van der Waals surface area (Å²) in [7, 11) is 0. The number of carbonyl (C=O) groups is 1. The Bertz CT molecular complexity index is 931. The fourth-order valence-corrected chi connectivity index (χ4v) is 2.43. The minimum atomic E-state index is -1.56. The molecule has 27 heavy (non-hydrogen) atoms. The molecule has 0 radical (unpaired) electrons. The number of nitrogens with one attached hydrogen (secondary N) is 2. The Hall–Kier alpha value is -3.35. The molecule has 0 atom stereocenters. The maximum absolute atomic E-state index is 13.7. The van der Waals surface area contributed by atoms with E-state index < -0.39 is 17.5 Å². The molecule has 0 saturated carbocycles. The zero-order valence-corrected chi connectivity index (χ0v) is 14.2. The normalized spacial score (nSPS) is 10.5. The number of nitrogens with zero attached hydrogens (tertiary/aromatic N) is 1. The largest absolute Gasteiger partial charge is 0.352 e. The molecule has 0 fully saturated rings. The quantitative estimate of drug-likeness (QED) is 0.638. The summed E-state index contributed by atoms with van der Waals surface area (Å²) in [6, 6.07) is 14.6. The minimum Gasteiger partial charge on any atom is -0.352 e. The van der Waals surface area contributed by atoms with Crippen molar-refractivity contribution in [1.82, 2.24) is 10.3 Å². The second-order valence-electron chi connectivity index (χ2n) is 5.77. The van der Waals surface area contributed by atoms with Gasteiger partial charge in [0, 0.05) is 12.7 Å². The average molecular weight is 371 g/mol. The molecule has 1 aromatic heterocycles. The third-order valence-corrected chi connectivity index (χ3v) is 3.87. The smallest absolute Gasteiger partial charge is 0.252 e. The standard InChI is InChI=1S/C20H16F3N3O/c21-15-7-8-16(19(23)18(15)22)26-17-9-6-14(12-25-17)20(27)24-11-10-13-4-2-1-3-5-13/h1-9,12H,10-11H2,(H,24,27)(H,25,26). The van der Waals surface area contributed by atoms with Crippen molar-refractivity contribution in [2.24, 2.45) is 0 Å². The van der Waals surface area contributed by atoms with Crippen molar-refractivity contribution >= 4 is 17.4 Å². The van der Waals surface area contributed by atoms with Gasteiger partial charge in [-0.1, -0.05) is 30.3 Å². The molecule has 2 N–H and O–H groups in total. The molecule has 0 spiro atoms. The van der Waals surface area contributed by atoms with Crippen molar-refractivity contribution < 1.29 is 18.0 Å². The Labute approximate surface area is 154 Å². The number of halogens is 3. The molecule has 3 rings (SSSR count). The van der Waals surface area contributed by atoms with Crippen LogP contribution >= 0.6 is 0 Å². The molecular weight excluding hydrogens is 355 g/mol. The number of pyridine rings is 1. The average Bonchev–Trinajstić information content (AvgIpc) is 2.70. The van der Waals surface area contributed by atoms with E-state index in [4.69, 9.17) is 0 Å². The number of benzene rings is 2.